The second-order valence-corrected chi connectivity index (χ2v) is 9.13. The summed E-state index contributed by atoms with van der Waals surface area (Å²) in [5.41, 5.74) is 5.02. The summed E-state index contributed by atoms with van der Waals surface area (Å²) in [6.45, 7) is 5.29. The van der Waals surface area contributed by atoms with E-state index < -0.39 is 24.3 Å². The van der Waals surface area contributed by atoms with Crippen LogP contribution in [-0.2, 0) is 16.1 Å². The molecule has 1 aliphatic rings. The number of alkyl halides is 6. The number of pyridine rings is 2. The quantitative estimate of drug-likeness (QED) is 0.199. The molecule has 234 valence electrons. The van der Waals surface area contributed by atoms with Crippen molar-refractivity contribution >= 4 is 23.1 Å². The van der Waals surface area contributed by atoms with Crippen molar-refractivity contribution in [1.29, 1.82) is 0 Å². The molecule has 0 radical (unpaired) electrons. The summed E-state index contributed by atoms with van der Waals surface area (Å²) >= 11 is 0. The summed E-state index contributed by atoms with van der Waals surface area (Å²) in [6, 6.07) is 13.8. The van der Waals surface area contributed by atoms with Crippen molar-refractivity contribution in [3.63, 3.8) is 0 Å². The number of halogens is 6. The van der Waals surface area contributed by atoms with E-state index in [9.17, 15) is 26.3 Å². The molecule has 4 aromatic rings. The van der Waals surface area contributed by atoms with E-state index in [0.717, 1.165) is 34.0 Å². The van der Waals surface area contributed by atoms with Crippen molar-refractivity contribution in [3.05, 3.63) is 78.5 Å². The van der Waals surface area contributed by atoms with Gasteiger partial charge >= 0.3 is 24.3 Å². The molecule has 1 aliphatic heterocycles. The molecule has 1 unspecified atom stereocenters. The number of para-hydroxylation sites is 2. The van der Waals surface area contributed by atoms with Crippen molar-refractivity contribution in [3.8, 4) is 22.6 Å². The number of aliphatic carboxylic acids is 2. The molecule has 0 amide bonds. The van der Waals surface area contributed by atoms with Crippen LogP contribution in [0.1, 0.15) is 25.8 Å². The maximum absolute atomic E-state index is 10.6. The summed E-state index contributed by atoms with van der Waals surface area (Å²) in [5.74, 6) is -3.20. The van der Waals surface area contributed by atoms with Crippen molar-refractivity contribution in [2.75, 3.05) is 6.61 Å². The molecule has 5 rings (SSSR count). The zero-order chi connectivity index (χ0) is 32.7. The molecule has 1 atom stereocenters. The zero-order valence-electron chi connectivity index (χ0n) is 22.9. The maximum atomic E-state index is 10.6. The first-order valence-corrected chi connectivity index (χ1v) is 12.5. The van der Waals surface area contributed by atoms with E-state index >= 15 is 0 Å². The molecule has 0 spiro atoms. The predicted molar refractivity (Wildman–Crippen MR) is 143 cm³/mol. The third kappa shape index (κ3) is 8.92. The Balaban J connectivity index is 0.000000317. The average molecular weight is 627 g/mol. The van der Waals surface area contributed by atoms with E-state index in [-0.39, 0.29) is 6.10 Å². The average Bonchev–Trinajstić information content (AvgIpc) is 3.33. The van der Waals surface area contributed by atoms with Gasteiger partial charge in [-0.05, 0) is 49.7 Å². The highest BCUT2D eigenvalue weighted by Crippen LogP contribution is 2.36. The first-order valence-electron chi connectivity index (χ1n) is 12.5. The number of carbonyl (C=O) groups is 2. The van der Waals surface area contributed by atoms with Crippen LogP contribution < -0.4 is 9.47 Å². The number of hydrogen-bond donors (Lipinski definition) is 2. The first kappa shape index (κ1) is 33.4. The maximum Gasteiger partial charge on any atom is 0.490 e. The van der Waals surface area contributed by atoms with Gasteiger partial charge in [0.25, 0.3) is 0 Å². The molecule has 0 saturated heterocycles. The van der Waals surface area contributed by atoms with Gasteiger partial charge < -0.3 is 24.3 Å². The van der Waals surface area contributed by atoms with Crippen molar-refractivity contribution in [2.45, 2.75) is 38.8 Å². The van der Waals surface area contributed by atoms with Crippen LogP contribution >= 0.6 is 0 Å². The zero-order valence-corrected chi connectivity index (χ0v) is 22.9. The summed E-state index contributed by atoms with van der Waals surface area (Å²) < 4.78 is 77.8. The van der Waals surface area contributed by atoms with Crippen LogP contribution in [0.5, 0.6) is 11.5 Å². The predicted octanol–water partition coefficient (Wildman–Crippen LogP) is 6.24. The molecule has 3 aromatic heterocycles. The Labute approximate surface area is 245 Å². The highest BCUT2D eigenvalue weighted by Gasteiger charge is 2.39. The molecule has 0 fully saturated rings. The molecule has 0 aliphatic carbocycles. The lowest BCUT2D eigenvalue weighted by molar-refractivity contribution is -0.193. The standard InChI is InChI=1S/C24H22N4O2.2C2HF3O2/c1-16(2)9-12-28-19-13-18(17-7-10-25-11-8-17)14-26-23(19)27-24(28)22-15-29-20-5-3-4-6-21(20)30-22;2*3-2(4,5)1(6)7/h3-11,13-14,22H,12,15H2,1-2H3;2*(H,6,7). The third-order valence-electron chi connectivity index (χ3n) is 5.61. The Bertz CT molecular complexity index is 1610. The second-order valence-electron chi connectivity index (χ2n) is 9.13. The Morgan fingerprint density at radius 2 is 1.52 bits per heavy atom. The Hall–Kier alpha value is -5.15. The fraction of sp³-hybridized carbons (Fsp3) is 0.250. The number of allylic oxidation sites excluding steroid dienone is 2. The second kappa shape index (κ2) is 13.9. The van der Waals surface area contributed by atoms with Crippen molar-refractivity contribution in [1.82, 2.24) is 19.5 Å². The minimum atomic E-state index is -5.08. The molecule has 2 N–H and O–H groups in total. The van der Waals surface area contributed by atoms with E-state index in [0.29, 0.717) is 18.8 Å². The molecule has 0 bridgehead atoms. The fourth-order valence-corrected chi connectivity index (χ4v) is 3.58. The molecular weight excluding hydrogens is 602 g/mol. The van der Waals surface area contributed by atoms with Gasteiger partial charge in [-0.2, -0.15) is 26.3 Å². The van der Waals surface area contributed by atoms with Crippen molar-refractivity contribution < 1.29 is 55.6 Å². The first-order chi connectivity index (χ1) is 20.6. The largest absolute Gasteiger partial charge is 0.490 e. The topological polar surface area (TPSA) is 137 Å². The molecule has 1 aromatic carbocycles. The minimum absolute atomic E-state index is 0.302. The van der Waals surface area contributed by atoms with Gasteiger partial charge in [-0.1, -0.05) is 23.8 Å². The van der Waals surface area contributed by atoms with Crippen LogP contribution in [-0.4, -0.2) is 60.6 Å². The number of fused-ring (bicyclic) bond motifs is 2. The number of hydrogen-bond acceptors (Lipinski definition) is 7. The van der Waals surface area contributed by atoms with E-state index in [1.165, 1.54) is 5.57 Å². The van der Waals surface area contributed by atoms with E-state index in [1.54, 1.807) is 12.4 Å². The summed E-state index contributed by atoms with van der Waals surface area (Å²) in [7, 11) is 0. The lowest BCUT2D eigenvalue weighted by atomic mass is 10.1. The van der Waals surface area contributed by atoms with Crippen LogP contribution in [0.3, 0.4) is 0 Å². The van der Waals surface area contributed by atoms with Gasteiger partial charge in [0, 0.05) is 30.7 Å². The molecule has 4 heterocycles. The van der Waals surface area contributed by atoms with Gasteiger partial charge in [0.2, 0.25) is 0 Å². The third-order valence-corrected chi connectivity index (χ3v) is 5.61. The molecule has 44 heavy (non-hydrogen) atoms. The number of aromatic nitrogens is 4. The van der Waals surface area contributed by atoms with Crippen LogP contribution in [0.2, 0.25) is 0 Å². The monoisotopic (exact) mass is 626 g/mol. The number of imidazole rings is 1. The van der Waals surface area contributed by atoms with Crippen LogP contribution in [0.4, 0.5) is 26.3 Å². The highest BCUT2D eigenvalue weighted by molar-refractivity contribution is 5.79. The van der Waals surface area contributed by atoms with E-state index in [2.05, 4.69) is 40.5 Å². The van der Waals surface area contributed by atoms with E-state index in [1.807, 2.05) is 42.6 Å². The van der Waals surface area contributed by atoms with Gasteiger partial charge in [-0.25, -0.2) is 19.6 Å². The normalized spacial score (nSPS) is 14.0. The Morgan fingerprint density at radius 3 is 2.07 bits per heavy atom. The Morgan fingerprint density at radius 1 is 0.955 bits per heavy atom. The lowest BCUT2D eigenvalue weighted by Gasteiger charge is -2.26. The molecular formula is C28H24F6N4O6. The van der Waals surface area contributed by atoms with Crippen LogP contribution in [0.15, 0.2) is 72.7 Å². The summed E-state index contributed by atoms with van der Waals surface area (Å²) in [4.78, 5) is 31.4. The molecule has 0 saturated carbocycles. The summed E-state index contributed by atoms with van der Waals surface area (Å²) in [6.07, 6.45) is -2.86. The summed E-state index contributed by atoms with van der Waals surface area (Å²) in [5, 5.41) is 14.2. The smallest absolute Gasteiger partial charge is 0.485 e. The number of benzene rings is 1. The Kier molecular flexibility index (Phi) is 10.5. The number of carboxylic acids is 2. The highest BCUT2D eigenvalue weighted by atomic mass is 19.4. The molecule has 16 heteroatoms. The number of carboxylic acid groups (broad SMARTS) is 2. The van der Waals surface area contributed by atoms with Gasteiger partial charge in [0.05, 0.1) is 5.52 Å². The van der Waals surface area contributed by atoms with Gasteiger partial charge in [-0.15, -0.1) is 0 Å². The van der Waals surface area contributed by atoms with Crippen LogP contribution in [0, 0.1) is 0 Å². The van der Waals surface area contributed by atoms with E-state index in [4.69, 9.17) is 34.3 Å². The van der Waals surface area contributed by atoms with Gasteiger partial charge in [-0.3, -0.25) is 4.98 Å². The fourth-order valence-electron chi connectivity index (χ4n) is 3.58. The minimum Gasteiger partial charge on any atom is -0.485 e. The number of rotatable bonds is 4. The van der Waals surface area contributed by atoms with Gasteiger partial charge in [0.15, 0.2) is 29.1 Å². The lowest BCUT2D eigenvalue weighted by Crippen LogP contribution is -2.24. The SMILES string of the molecule is CC(C)=CCn1c(C2COc3ccccc3O2)nc2ncc(-c3ccncc3)cc21.O=C(O)C(F)(F)F.O=C(O)C(F)(F)F. The van der Waals surface area contributed by atoms with Gasteiger partial charge in [0.1, 0.15) is 6.61 Å². The van der Waals surface area contributed by atoms with Crippen molar-refractivity contribution in [2.24, 2.45) is 0 Å². The number of nitrogens with zero attached hydrogens (tertiary/aromatic N) is 4. The number of ether oxygens (including phenoxy) is 2. The molecule has 10 nitrogen and oxygen atoms in total. The van der Waals surface area contributed by atoms with Crippen LogP contribution in [0.25, 0.3) is 22.3 Å².